The standard InChI is InChI=1S/C31H43N3O8/c1-8-12-33-26-21-13-17(2)14-25(41-7)27(36)19(4)15-20(5)29(42-31(32)39)24(40-6)11-9-10-18(3)30(38)34-22(28(21)37)16-23(26)35/h8-11,15-17,19,24-25,27,29,33,36H,1,12-14H2,2-7H3,(H2,32,39)(H,34,38)/b11-9-,18-10+,20-15+/t17-,19+,24?,25+,27?,29?/m1/s1. The summed E-state index contributed by atoms with van der Waals surface area (Å²) >= 11 is 0. The number of carbonyl (C=O) groups excluding carboxylic acids is 4. The predicted molar refractivity (Wildman–Crippen MR) is 158 cm³/mol. The van der Waals surface area contributed by atoms with Crippen LogP contribution >= 0.6 is 0 Å². The zero-order valence-electron chi connectivity index (χ0n) is 25.1. The highest BCUT2D eigenvalue weighted by Gasteiger charge is 2.33. The molecule has 230 valence electrons. The average Bonchev–Trinajstić information content (AvgIpc) is 2.94. The number of hydrogen-bond donors (Lipinski definition) is 4. The van der Waals surface area contributed by atoms with E-state index in [1.54, 1.807) is 45.1 Å². The number of nitrogens with one attached hydrogen (secondary N) is 2. The van der Waals surface area contributed by atoms with Gasteiger partial charge >= 0.3 is 6.09 Å². The summed E-state index contributed by atoms with van der Waals surface area (Å²) in [6.07, 6.45) is 5.34. The smallest absolute Gasteiger partial charge is 0.405 e. The van der Waals surface area contributed by atoms with Gasteiger partial charge in [0.15, 0.2) is 6.10 Å². The first kappa shape index (κ1) is 34.4. The third-order valence-electron chi connectivity index (χ3n) is 7.22. The molecule has 2 amide bonds. The second-order valence-electron chi connectivity index (χ2n) is 10.6. The fraction of sp³-hybridized carbons (Fsp3) is 0.484. The Morgan fingerprint density at radius 2 is 1.90 bits per heavy atom. The first-order chi connectivity index (χ1) is 19.8. The van der Waals surface area contributed by atoms with Crippen molar-refractivity contribution in [1.82, 2.24) is 10.6 Å². The van der Waals surface area contributed by atoms with Crippen molar-refractivity contribution in [3.8, 4) is 0 Å². The van der Waals surface area contributed by atoms with Crippen molar-refractivity contribution in [2.75, 3.05) is 20.8 Å². The van der Waals surface area contributed by atoms with Crippen molar-refractivity contribution in [3.05, 3.63) is 71.1 Å². The zero-order valence-corrected chi connectivity index (χ0v) is 25.1. The summed E-state index contributed by atoms with van der Waals surface area (Å²) in [5.41, 5.74) is 6.42. The summed E-state index contributed by atoms with van der Waals surface area (Å²) < 4.78 is 16.6. The molecule has 6 atom stereocenters. The number of ether oxygens (including phenoxy) is 3. The van der Waals surface area contributed by atoms with Gasteiger partial charge in [-0.3, -0.25) is 14.4 Å². The van der Waals surface area contributed by atoms with Gasteiger partial charge in [0.05, 0.1) is 23.6 Å². The van der Waals surface area contributed by atoms with Gasteiger partial charge in [-0.1, -0.05) is 44.2 Å². The summed E-state index contributed by atoms with van der Waals surface area (Å²) in [5, 5.41) is 16.7. The van der Waals surface area contributed by atoms with Crippen molar-refractivity contribution in [1.29, 1.82) is 0 Å². The van der Waals surface area contributed by atoms with Crippen molar-refractivity contribution >= 4 is 23.6 Å². The predicted octanol–water partition coefficient (Wildman–Crippen LogP) is 2.54. The second-order valence-corrected chi connectivity index (χ2v) is 10.6. The van der Waals surface area contributed by atoms with E-state index in [0.29, 0.717) is 12.0 Å². The van der Waals surface area contributed by atoms with E-state index < -0.39 is 53.9 Å². The van der Waals surface area contributed by atoms with Gasteiger partial charge in [-0.25, -0.2) is 4.79 Å². The van der Waals surface area contributed by atoms with Gasteiger partial charge in [-0.05, 0) is 38.2 Å². The first-order valence-corrected chi connectivity index (χ1v) is 13.8. The summed E-state index contributed by atoms with van der Waals surface area (Å²) in [5.74, 6) is -2.14. The minimum Gasteiger partial charge on any atom is -0.439 e. The first-order valence-electron chi connectivity index (χ1n) is 13.8. The minimum atomic E-state index is -1.00. The largest absolute Gasteiger partial charge is 0.439 e. The molecular formula is C31H43N3O8. The fourth-order valence-electron chi connectivity index (χ4n) is 4.95. The van der Waals surface area contributed by atoms with Crippen LogP contribution in [0.25, 0.3) is 0 Å². The Bertz CT molecular complexity index is 1210. The molecule has 42 heavy (non-hydrogen) atoms. The Labute approximate surface area is 247 Å². The molecule has 5 N–H and O–H groups in total. The number of Topliss-reactive ketones (excluding diaryl/α,β-unsaturated/α-hetero) is 1. The van der Waals surface area contributed by atoms with Crippen molar-refractivity contribution in [3.63, 3.8) is 0 Å². The summed E-state index contributed by atoms with van der Waals surface area (Å²) in [6.45, 7) is 10.9. The Morgan fingerprint density at radius 3 is 2.50 bits per heavy atom. The molecule has 0 aromatic rings. The molecule has 0 fully saturated rings. The van der Waals surface area contributed by atoms with Crippen LogP contribution in [0.1, 0.15) is 40.5 Å². The maximum Gasteiger partial charge on any atom is 0.405 e. The molecule has 1 aliphatic heterocycles. The molecule has 0 spiro atoms. The molecule has 2 bridgehead atoms. The molecular weight excluding hydrogens is 542 g/mol. The number of primary amides is 1. The fourth-order valence-corrected chi connectivity index (χ4v) is 4.95. The number of methoxy groups -OCH3 is 2. The van der Waals surface area contributed by atoms with Crippen LogP contribution in [-0.2, 0) is 28.6 Å². The van der Waals surface area contributed by atoms with Crippen LogP contribution in [0.5, 0.6) is 0 Å². The normalized spacial score (nSPS) is 31.6. The number of aliphatic hydroxyl groups excluding tert-OH is 1. The lowest BCUT2D eigenvalue weighted by atomic mass is 9.85. The third kappa shape index (κ3) is 9.10. The number of nitrogens with two attached hydrogens (primary N) is 1. The maximum absolute atomic E-state index is 13.5. The van der Waals surface area contributed by atoms with Crippen LogP contribution in [0.15, 0.2) is 71.1 Å². The lowest BCUT2D eigenvalue weighted by Gasteiger charge is -2.30. The van der Waals surface area contributed by atoms with Gasteiger partial charge in [0.25, 0.3) is 5.91 Å². The monoisotopic (exact) mass is 585 g/mol. The van der Waals surface area contributed by atoms with Crippen molar-refractivity contribution < 1.29 is 38.5 Å². The molecule has 2 aliphatic rings. The molecule has 0 radical (unpaired) electrons. The Balaban J connectivity index is 2.62. The van der Waals surface area contributed by atoms with E-state index >= 15 is 0 Å². The molecule has 3 unspecified atom stereocenters. The third-order valence-corrected chi connectivity index (χ3v) is 7.22. The lowest BCUT2D eigenvalue weighted by molar-refractivity contribution is -0.120. The van der Waals surface area contributed by atoms with Crippen molar-refractivity contribution in [2.24, 2.45) is 17.6 Å². The highest BCUT2D eigenvalue weighted by molar-refractivity contribution is 6.23. The van der Waals surface area contributed by atoms with E-state index in [4.69, 9.17) is 19.9 Å². The maximum atomic E-state index is 13.5. The number of aliphatic hydroxyl groups is 1. The van der Waals surface area contributed by atoms with Crippen LogP contribution in [0.4, 0.5) is 4.79 Å². The number of rotatable bonds is 6. The van der Waals surface area contributed by atoms with Crippen LogP contribution in [-0.4, -0.2) is 73.9 Å². The van der Waals surface area contributed by atoms with Gasteiger partial charge in [0.1, 0.15) is 6.10 Å². The minimum absolute atomic E-state index is 0.132. The Hall–Kier alpha value is -3.80. The summed E-state index contributed by atoms with van der Waals surface area (Å²) in [6, 6.07) is 0. The quantitative estimate of drug-likeness (QED) is 0.271. The highest BCUT2D eigenvalue weighted by atomic mass is 16.6. The van der Waals surface area contributed by atoms with E-state index in [1.165, 1.54) is 20.3 Å². The molecule has 0 aromatic heterocycles. The molecule has 11 heteroatoms. The lowest BCUT2D eigenvalue weighted by Crippen LogP contribution is -2.37. The van der Waals surface area contributed by atoms with Crippen LogP contribution in [0, 0.1) is 11.8 Å². The topological polar surface area (TPSA) is 166 Å². The van der Waals surface area contributed by atoms with E-state index in [2.05, 4.69) is 17.2 Å². The van der Waals surface area contributed by atoms with Gasteiger partial charge in [0, 0.05) is 43.9 Å². The van der Waals surface area contributed by atoms with Gasteiger partial charge in [-0.2, -0.15) is 0 Å². The molecule has 11 nitrogen and oxygen atoms in total. The molecule has 2 rings (SSSR count). The van der Waals surface area contributed by atoms with Crippen LogP contribution in [0.2, 0.25) is 0 Å². The molecule has 0 aromatic carbocycles. The number of carbonyl (C=O) groups is 4. The number of allylic oxidation sites excluding steroid dienone is 4. The van der Waals surface area contributed by atoms with Gasteiger partial charge < -0.3 is 35.7 Å². The summed E-state index contributed by atoms with van der Waals surface area (Å²) in [7, 11) is 2.92. The number of hydrogen-bond acceptors (Lipinski definition) is 9. The Kier molecular flexibility index (Phi) is 13.1. The summed E-state index contributed by atoms with van der Waals surface area (Å²) in [4.78, 5) is 51.3. The van der Waals surface area contributed by atoms with Gasteiger partial charge in [-0.15, -0.1) is 6.58 Å². The van der Waals surface area contributed by atoms with E-state index in [0.717, 1.165) is 6.08 Å². The molecule has 1 aliphatic carbocycles. The van der Waals surface area contributed by atoms with Crippen molar-refractivity contribution in [2.45, 2.75) is 65.0 Å². The molecule has 1 heterocycles. The molecule has 0 saturated carbocycles. The second kappa shape index (κ2) is 16.0. The van der Waals surface area contributed by atoms with E-state index in [-0.39, 0.29) is 41.4 Å². The Morgan fingerprint density at radius 1 is 1.21 bits per heavy atom. The molecule has 0 saturated heterocycles. The number of fused-ring (bicyclic) bond motifs is 2. The van der Waals surface area contributed by atoms with E-state index in [9.17, 15) is 24.3 Å². The SMILES string of the molecule is C=CCNC1=C2C[C@@H](C)C[C@H](OC)C(O)[C@@H](C)/C=C(\C)C(OC(N)=O)C(OC)/C=C\C=C(/C)C(=O)NC(=CC1=O)C2=O. The zero-order chi connectivity index (χ0) is 31.6. The van der Waals surface area contributed by atoms with Crippen LogP contribution < -0.4 is 16.4 Å². The highest BCUT2D eigenvalue weighted by Crippen LogP contribution is 2.28. The van der Waals surface area contributed by atoms with Crippen LogP contribution in [0.3, 0.4) is 0 Å². The van der Waals surface area contributed by atoms with E-state index in [1.807, 2.05) is 6.92 Å². The number of amides is 2. The average molecular weight is 586 g/mol. The van der Waals surface area contributed by atoms with Gasteiger partial charge in [0.2, 0.25) is 11.6 Å². The number of ketones is 2.